The molecule has 3 aromatic carbocycles. The normalized spacial score (nSPS) is 20.2. The highest BCUT2D eigenvalue weighted by Crippen LogP contribution is 2.48. The number of piperidine rings is 2. The van der Waals surface area contributed by atoms with Crippen molar-refractivity contribution in [2.75, 3.05) is 26.2 Å². The molecule has 3 heterocycles. The van der Waals surface area contributed by atoms with Gasteiger partial charge in [-0.1, -0.05) is 61.0 Å². The molecule has 1 aliphatic carbocycles. The number of hydrogen-bond acceptors (Lipinski definition) is 5. The molecule has 0 spiro atoms. The smallest absolute Gasteiger partial charge is 0.374 e. The Morgan fingerprint density at radius 2 is 1.63 bits per heavy atom. The number of benzene rings is 3. The quantitative estimate of drug-likeness (QED) is 0.182. The molecule has 46 heavy (non-hydrogen) atoms. The van der Waals surface area contributed by atoms with Crippen molar-refractivity contribution in [3.63, 3.8) is 0 Å². The van der Waals surface area contributed by atoms with E-state index < -0.39 is 18.0 Å². The molecule has 0 radical (unpaired) electrons. The molecule has 1 unspecified atom stereocenters. The maximum atomic E-state index is 13.9. The van der Waals surface area contributed by atoms with E-state index in [0.717, 1.165) is 65.8 Å². The van der Waals surface area contributed by atoms with E-state index in [1.54, 1.807) is 6.07 Å². The number of aliphatic hydroxyl groups excluding tert-OH is 1. The Labute approximate surface area is 276 Å². The van der Waals surface area contributed by atoms with Crippen LogP contribution in [0.4, 0.5) is 13.2 Å². The summed E-state index contributed by atoms with van der Waals surface area (Å²) in [5.41, 5.74) is 2.98. The second-order valence-corrected chi connectivity index (χ2v) is 14.0. The molecule has 2 aliphatic heterocycles. The van der Waals surface area contributed by atoms with Gasteiger partial charge in [0.1, 0.15) is 6.23 Å². The first kappa shape index (κ1) is 31.8. The van der Waals surface area contributed by atoms with Crippen molar-refractivity contribution in [3.8, 4) is 11.3 Å². The number of para-hydroxylation sites is 1. The lowest BCUT2D eigenvalue weighted by Gasteiger charge is -2.40. The fraction of sp³-hybridized carbons (Fsp3) is 0.432. The third-order valence-corrected chi connectivity index (χ3v) is 10.8. The largest absolute Gasteiger partial charge is 0.416 e. The first-order chi connectivity index (χ1) is 22.2. The molecule has 1 saturated carbocycles. The molecule has 242 valence electrons. The summed E-state index contributed by atoms with van der Waals surface area (Å²) in [6.07, 6.45) is 2.17. The molecule has 4 aromatic rings. The lowest BCUT2D eigenvalue weighted by molar-refractivity contribution is -0.137. The highest BCUT2D eigenvalue weighted by Gasteiger charge is 2.46. The van der Waals surface area contributed by atoms with Crippen LogP contribution in [0.15, 0.2) is 77.3 Å². The van der Waals surface area contributed by atoms with Crippen molar-refractivity contribution < 1.29 is 18.3 Å². The Morgan fingerprint density at radius 3 is 2.33 bits per heavy atom. The molecule has 2 saturated heterocycles. The lowest BCUT2D eigenvalue weighted by Crippen LogP contribution is -2.46. The van der Waals surface area contributed by atoms with Gasteiger partial charge in [-0.2, -0.15) is 13.2 Å². The highest BCUT2D eigenvalue weighted by atomic mass is 79.9. The van der Waals surface area contributed by atoms with E-state index in [1.165, 1.54) is 44.5 Å². The molecule has 0 bridgehead atoms. The summed E-state index contributed by atoms with van der Waals surface area (Å²) in [5.74, 6) is 0. The van der Waals surface area contributed by atoms with Gasteiger partial charge in [-0.05, 0) is 104 Å². The zero-order valence-corrected chi connectivity index (χ0v) is 27.5. The molecule has 1 aromatic heterocycles. The van der Waals surface area contributed by atoms with Gasteiger partial charge in [0.2, 0.25) is 0 Å². The van der Waals surface area contributed by atoms with Gasteiger partial charge in [-0.3, -0.25) is 10.2 Å². The lowest BCUT2D eigenvalue weighted by atomic mass is 9.92. The molecule has 7 rings (SSSR count). The van der Waals surface area contributed by atoms with Crippen molar-refractivity contribution in [1.29, 1.82) is 0 Å². The van der Waals surface area contributed by atoms with E-state index in [0.29, 0.717) is 34.9 Å². The van der Waals surface area contributed by atoms with Crippen LogP contribution in [0.2, 0.25) is 0 Å². The SMILES string of the molecule is OC(NC1(c2ccccc2)CC1)c1c(CN2CCC(N3CCCCC3)CC2)c(-c2cccc(C(F)(F)F)c2)nc2c(Br)cccc12. The van der Waals surface area contributed by atoms with E-state index in [-0.39, 0.29) is 5.54 Å². The van der Waals surface area contributed by atoms with Gasteiger partial charge in [0, 0.05) is 44.7 Å². The summed E-state index contributed by atoms with van der Waals surface area (Å²) in [7, 11) is 0. The average Bonchev–Trinajstić information content (AvgIpc) is 3.86. The van der Waals surface area contributed by atoms with Gasteiger partial charge in [0.25, 0.3) is 0 Å². The number of pyridine rings is 1. The summed E-state index contributed by atoms with van der Waals surface area (Å²) >= 11 is 3.65. The number of nitrogens with one attached hydrogen (secondary N) is 1. The number of rotatable bonds is 8. The Balaban J connectivity index is 1.31. The minimum Gasteiger partial charge on any atom is -0.374 e. The average molecular weight is 694 g/mol. The van der Waals surface area contributed by atoms with Crippen LogP contribution < -0.4 is 5.32 Å². The topological polar surface area (TPSA) is 51.6 Å². The summed E-state index contributed by atoms with van der Waals surface area (Å²) in [6, 6.07) is 21.9. The van der Waals surface area contributed by atoms with Gasteiger partial charge in [0.15, 0.2) is 0 Å². The maximum absolute atomic E-state index is 13.9. The molecule has 3 aliphatic rings. The zero-order chi connectivity index (χ0) is 31.9. The van der Waals surface area contributed by atoms with Crippen molar-refractivity contribution >= 4 is 26.8 Å². The number of aliphatic hydroxyl groups is 1. The van der Waals surface area contributed by atoms with Crippen molar-refractivity contribution in [3.05, 3.63) is 99.5 Å². The minimum atomic E-state index is -4.48. The number of likely N-dealkylation sites (tertiary alicyclic amines) is 2. The van der Waals surface area contributed by atoms with Crippen LogP contribution in [0.1, 0.15) is 73.4 Å². The van der Waals surface area contributed by atoms with Crippen LogP contribution in [0.25, 0.3) is 22.2 Å². The van der Waals surface area contributed by atoms with Gasteiger partial charge in [-0.15, -0.1) is 0 Å². The van der Waals surface area contributed by atoms with Crippen LogP contribution in [-0.4, -0.2) is 52.1 Å². The van der Waals surface area contributed by atoms with E-state index in [4.69, 9.17) is 4.98 Å². The number of aromatic nitrogens is 1. The molecule has 3 fully saturated rings. The number of nitrogens with zero attached hydrogens (tertiary/aromatic N) is 3. The van der Waals surface area contributed by atoms with Gasteiger partial charge in [0.05, 0.1) is 16.8 Å². The fourth-order valence-electron chi connectivity index (χ4n) is 7.55. The standard InChI is InChI=1S/C37H40BrF3N4O/c38-31-14-8-13-29-32(35(46)43-36(17-18-36)26-10-3-1-4-11-26)30(24-44-21-15-28(16-22-44)45-19-5-2-6-20-45)33(42-34(29)31)25-9-7-12-27(23-25)37(39,40)41/h1,3-4,7-14,23,28,35,43,46H,2,5-6,15-22,24H2. The van der Waals surface area contributed by atoms with Crippen molar-refractivity contribution in [2.24, 2.45) is 0 Å². The third-order valence-electron chi connectivity index (χ3n) is 10.2. The summed E-state index contributed by atoms with van der Waals surface area (Å²) < 4.78 is 42.5. The van der Waals surface area contributed by atoms with E-state index >= 15 is 0 Å². The summed E-state index contributed by atoms with van der Waals surface area (Å²) in [5, 5.41) is 16.5. The Hall–Kier alpha value is -2.82. The molecule has 1 atom stereocenters. The molecule has 2 N–H and O–H groups in total. The summed E-state index contributed by atoms with van der Waals surface area (Å²) in [6.45, 7) is 4.59. The van der Waals surface area contributed by atoms with Crippen LogP contribution in [0.3, 0.4) is 0 Å². The second kappa shape index (κ2) is 13.0. The monoisotopic (exact) mass is 692 g/mol. The third kappa shape index (κ3) is 6.49. The van der Waals surface area contributed by atoms with Gasteiger partial charge < -0.3 is 10.0 Å². The van der Waals surface area contributed by atoms with Gasteiger partial charge >= 0.3 is 6.18 Å². The second-order valence-electron chi connectivity index (χ2n) is 13.2. The number of fused-ring (bicyclic) bond motifs is 1. The van der Waals surface area contributed by atoms with E-state index in [2.05, 4.69) is 43.2 Å². The van der Waals surface area contributed by atoms with Crippen LogP contribution in [0, 0.1) is 0 Å². The molecule has 9 heteroatoms. The van der Waals surface area contributed by atoms with Gasteiger partial charge in [-0.25, -0.2) is 4.98 Å². The number of hydrogen-bond donors (Lipinski definition) is 2. The fourth-order valence-corrected chi connectivity index (χ4v) is 8.01. The van der Waals surface area contributed by atoms with E-state index in [1.807, 2.05) is 36.4 Å². The zero-order valence-electron chi connectivity index (χ0n) is 25.9. The number of halogens is 4. The molecular formula is C37H40BrF3N4O. The minimum absolute atomic E-state index is 0.358. The van der Waals surface area contributed by atoms with Crippen LogP contribution in [-0.2, 0) is 18.3 Å². The predicted molar refractivity (Wildman–Crippen MR) is 179 cm³/mol. The Morgan fingerprint density at radius 1 is 0.913 bits per heavy atom. The van der Waals surface area contributed by atoms with Crippen molar-refractivity contribution in [2.45, 2.75) is 75.5 Å². The molecular weight excluding hydrogens is 653 g/mol. The predicted octanol–water partition coefficient (Wildman–Crippen LogP) is 8.40. The highest BCUT2D eigenvalue weighted by molar-refractivity contribution is 9.10. The molecule has 5 nitrogen and oxygen atoms in total. The van der Waals surface area contributed by atoms with Crippen molar-refractivity contribution in [1.82, 2.24) is 20.1 Å². The maximum Gasteiger partial charge on any atom is 0.416 e. The number of alkyl halides is 3. The van der Waals surface area contributed by atoms with Crippen LogP contribution in [0.5, 0.6) is 0 Å². The molecule has 0 amide bonds. The Kier molecular flexibility index (Phi) is 8.98. The first-order valence-corrected chi connectivity index (χ1v) is 17.3. The summed E-state index contributed by atoms with van der Waals surface area (Å²) in [4.78, 5) is 10.1. The van der Waals surface area contributed by atoms with Crippen LogP contribution >= 0.6 is 15.9 Å². The van der Waals surface area contributed by atoms with E-state index in [9.17, 15) is 18.3 Å². The first-order valence-electron chi connectivity index (χ1n) is 16.5. The Bertz CT molecular complexity index is 1680.